The molecule has 1 saturated carbocycles. The SMILES string of the molecule is CC(C)CC(CN=C(N)NCC1CCC1)N(C)C.I. The molecular weight excluding hydrogens is 351 g/mol. The van der Waals surface area contributed by atoms with Crippen molar-refractivity contribution in [2.75, 3.05) is 27.2 Å². The third kappa shape index (κ3) is 7.97. The molecule has 0 heterocycles. The number of likely N-dealkylation sites (N-methyl/N-ethyl adjacent to an activating group) is 1. The largest absolute Gasteiger partial charge is 0.370 e. The molecule has 0 spiro atoms. The van der Waals surface area contributed by atoms with Crippen LogP contribution in [0, 0.1) is 11.8 Å². The average Bonchev–Trinajstić information content (AvgIpc) is 2.21. The van der Waals surface area contributed by atoms with Gasteiger partial charge in [0.2, 0.25) is 0 Å². The molecule has 4 nitrogen and oxygen atoms in total. The lowest BCUT2D eigenvalue weighted by Crippen LogP contribution is -2.39. The summed E-state index contributed by atoms with van der Waals surface area (Å²) in [6.07, 6.45) is 5.22. The Hall–Kier alpha value is -0.0400. The summed E-state index contributed by atoms with van der Waals surface area (Å²) in [4.78, 5) is 6.71. The van der Waals surface area contributed by atoms with E-state index in [9.17, 15) is 0 Å². The van der Waals surface area contributed by atoms with Gasteiger partial charge in [-0.05, 0) is 45.2 Å². The van der Waals surface area contributed by atoms with Crippen LogP contribution in [-0.2, 0) is 0 Å². The lowest BCUT2D eigenvalue weighted by molar-refractivity contribution is 0.261. The molecule has 0 aromatic carbocycles. The molecule has 0 saturated heterocycles. The van der Waals surface area contributed by atoms with Gasteiger partial charge in [0.1, 0.15) is 0 Å². The smallest absolute Gasteiger partial charge is 0.188 e. The van der Waals surface area contributed by atoms with Crippen LogP contribution in [0.1, 0.15) is 39.5 Å². The van der Waals surface area contributed by atoms with E-state index >= 15 is 0 Å². The van der Waals surface area contributed by atoms with Gasteiger partial charge in [0.25, 0.3) is 0 Å². The first-order valence-electron chi connectivity index (χ1n) is 7.19. The zero-order chi connectivity index (χ0) is 13.5. The minimum Gasteiger partial charge on any atom is -0.370 e. The van der Waals surface area contributed by atoms with Crippen molar-refractivity contribution in [3.63, 3.8) is 0 Å². The highest BCUT2D eigenvalue weighted by Crippen LogP contribution is 2.24. The van der Waals surface area contributed by atoms with Gasteiger partial charge in [-0.1, -0.05) is 20.3 Å². The van der Waals surface area contributed by atoms with Gasteiger partial charge in [-0.3, -0.25) is 4.99 Å². The molecule has 0 aromatic rings. The van der Waals surface area contributed by atoms with Gasteiger partial charge in [-0.15, -0.1) is 24.0 Å². The van der Waals surface area contributed by atoms with Crippen molar-refractivity contribution in [2.45, 2.75) is 45.6 Å². The maximum atomic E-state index is 5.90. The van der Waals surface area contributed by atoms with Crippen LogP contribution in [-0.4, -0.2) is 44.1 Å². The zero-order valence-corrected chi connectivity index (χ0v) is 15.2. The Labute approximate surface area is 135 Å². The van der Waals surface area contributed by atoms with Gasteiger partial charge in [0, 0.05) is 12.6 Å². The van der Waals surface area contributed by atoms with Crippen LogP contribution in [0.2, 0.25) is 0 Å². The van der Waals surface area contributed by atoms with Crippen molar-refractivity contribution in [3.05, 3.63) is 0 Å². The van der Waals surface area contributed by atoms with Crippen molar-refractivity contribution in [1.82, 2.24) is 10.2 Å². The molecular formula is C14H31IN4. The van der Waals surface area contributed by atoms with E-state index in [-0.39, 0.29) is 24.0 Å². The van der Waals surface area contributed by atoms with Crippen molar-refractivity contribution in [3.8, 4) is 0 Å². The van der Waals surface area contributed by atoms with Crippen molar-refractivity contribution < 1.29 is 0 Å². The fourth-order valence-corrected chi connectivity index (χ4v) is 2.20. The fourth-order valence-electron chi connectivity index (χ4n) is 2.20. The van der Waals surface area contributed by atoms with E-state index in [1.807, 2.05) is 0 Å². The second kappa shape index (κ2) is 9.80. The molecule has 1 fully saturated rings. The summed E-state index contributed by atoms with van der Waals surface area (Å²) in [5.74, 6) is 2.12. The minimum absolute atomic E-state index is 0. The highest BCUT2D eigenvalue weighted by Gasteiger charge is 2.17. The van der Waals surface area contributed by atoms with Crippen LogP contribution in [0.15, 0.2) is 4.99 Å². The molecule has 1 aliphatic carbocycles. The highest BCUT2D eigenvalue weighted by molar-refractivity contribution is 14.0. The number of halogens is 1. The molecule has 0 aliphatic heterocycles. The number of aliphatic imine (C=N–C) groups is 1. The van der Waals surface area contributed by atoms with E-state index in [0.29, 0.717) is 17.9 Å². The van der Waals surface area contributed by atoms with Gasteiger partial charge in [0.15, 0.2) is 5.96 Å². The molecule has 19 heavy (non-hydrogen) atoms. The van der Waals surface area contributed by atoms with Crippen molar-refractivity contribution in [1.29, 1.82) is 0 Å². The second-order valence-corrected chi connectivity index (χ2v) is 6.15. The first-order chi connectivity index (χ1) is 8.49. The van der Waals surface area contributed by atoms with Crippen LogP contribution in [0.25, 0.3) is 0 Å². The molecule has 0 aromatic heterocycles. The molecule has 5 heteroatoms. The molecule has 0 amide bonds. The van der Waals surface area contributed by atoms with Crippen LogP contribution in [0.4, 0.5) is 0 Å². The number of nitrogens with two attached hydrogens (primary N) is 1. The van der Waals surface area contributed by atoms with Gasteiger partial charge >= 0.3 is 0 Å². The Morgan fingerprint density at radius 3 is 2.42 bits per heavy atom. The second-order valence-electron chi connectivity index (χ2n) is 6.15. The molecule has 3 N–H and O–H groups in total. The molecule has 1 unspecified atom stereocenters. The highest BCUT2D eigenvalue weighted by atomic mass is 127. The third-order valence-corrected chi connectivity index (χ3v) is 3.74. The quantitative estimate of drug-likeness (QED) is 0.404. The van der Waals surface area contributed by atoms with E-state index < -0.39 is 0 Å². The van der Waals surface area contributed by atoms with Gasteiger partial charge < -0.3 is 16.0 Å². The molecule has 1 rings (SSSR count). The maximum absolute atomic E-state index is 5.90. The third-order valence-electron chi connectivity index (χ3n) is 3.74. The topological polar surface area (TPSA) is 53.6 Å². The van der Waals surface area contributed by atoms with Crippen LogP contribution >= 0.6 is 24.0 Å². The van der Waals surface area contributed by atoms with Crippen LogP contribution in [0.3, 0.4) is 0 Å². The van der Waals surface area contributed by atoms with E-state index in [4.69, 9.17) is 5.73 Å². The Morgan fingerprint density at radius 2 is 2.00 bits per heavy atom. The number of nitrogens with one attached hydrogen (secondary N) is 1. The minimum atomic E-state index is 0. The number of hydrogen-bond donors (Lipinski definition) is 2. The zero-order valence-electron chi connectivity index (χ0n) is 12.9. The summed E-state index contributed by atoms with van der Waals surface area (Å²) in [5.41, 5.74) is 5.90. The summed E-state index contributed by atoms with van der Waals surface area (Å²) in [6.45, 7) is 6.28. The van der Waals surface area contributed by atoms with Gasteiger partial charge in [-0.25, -0.2) is 0 Å². The van der Waals surface area contributed by atoms with E-state index in [1.165, 1.54) is 19.3 Å². The van der Waals surface area contributed by atoms with E-state index in [1.54, 1.807) is 0 Å². The molecule has 0 bridgehead atoms. The summed E-state index contributed by atoms with van der Waals surface area (Å²) < 4.78 is 0. The predicted molar refractivity (Wildman–Crippen MR) is 94.2 cm³/mol. The summed E-state index contributed by atoms with van der Waals surface area (Å²) in [7, 11) is 4.22. The van der Waals surface area contributed by atoms with Crippen LogP contribution < -0.4 is 11.1 Å². The lowest BCUT2D eigenvalue weighted by Gasteiger charge is -2.26. The van der Waals surface area contributed by atoms with E-state index in [0.717, 1.165) is 25.4 Å². The Kier molecular flexibility index (Phi) is 9.78. The van der Waals surface area contributed by atoms with Gasteiger partial charge in [0.05, 0.1) is 6.54 Å². The monoisotopic (exact) mass is 382 g/mol. The summed E-state index contributed by atoms with van der Waals surface area (Å²) in [6, 6.07) is 0.481. The Bertz CT molecular complexity index is 262. The number of guanidine groups is 1. The standard InChI is InChI=1S/C14H30N4.HI/c1-11(2)8-13(18(3)4)10-17-14(15)16-9-12-6-5-7-12;/h11-13H,5-10H2,1-4H3,(H3,15,16,17);1H. The van der Waals surface area contributed by atoms with Gasteiger partial charge in [-0.2, -0.15) is 0 Å². The number of rotatable bonds is 7. The summed E-state index contributed by atoms with van der Waals surface area (Å²) in [5, 5.41) is 3.24. The first kappa shape index (κ1) is 19.0. The van der Waals surface area contributed by atoms with E-state index in [2.05, 4.69) is 43.2 Å². The van der Waals surface area contributed by atoms with Crippen LogP contribution in [0.5, 0.6) is 0 Å². The molecule has 1 aliphatic rings. The lowest BCUT2D eigenvalue weighted by atomic mass is 9.85. The Morgan fingerprint density at radius 1 is 1.37 bits per heavy atom. The fraction of sp³-hybridized carbons (Fsp3) is 0.929. The molecule has 0 radical (unpaired) electrons. The normalized spacial score (nSPS) is 18.1. The van der Waals surface area contributed by atoms with Crippen molar-refractivity contribution in [2.24, 2.45) is 22.6 Å². The number of nitrogens with zero attached hydrogens (tertiary/aromatic N) is 2. The number of hydrogen-bond acceptors (Lipinski definition) is 2. The molecule has 1 atom stereocenters. The maximum Gasteiger partial charge on any atom is 0.188 e. The molecule has 114 valence electrons. The Balaban J connectivity index is 0.00000324. The first-order valence-corrected chi connectivity index (χ1v) is 7.19. The average molecular weight is 382 g/mol. The summed E-state index contributed by atoms with van der Waals surface area (Å²) >= 11 is 0. The predicted octanol–water partition coefficient (Wildman–Crippen LogP) is 2.29. The van der Waals surface area contributed by atoms with Crippen molar-refractivity contribution >= 4 is 29.9 Å².